The van der Waals surface area contributed by atoms with Gasteiger partial charge < -0.3 is 9.84 Å². The highest BCUT2D eigenvalue weighted by Crippen LogP contribution is 2.33. The minimum Gasteiger partial charge on any atom is -0.442 e. The molecule has 1 N–H and O–H groups in total. The number of benzene rings is 2. The highest BCUT2D eigenvalue weighted by atomic mass is 32.1. The molecule has 2 aromatic carbocycles. The van der Waals surface area contributed by atoms with Crippen LogP contribution in [0.25, 0.3) is 5.69 Å². The number of hydrogen-bond donors (Lipinski definition) is 1. The van der Waals surface area contributed by atoms with Gasteiger partial charge >= 0.3 is 5.69 Å². The summed E-state index contributed by atoms with van der Waals surface area (Å²) in [7, 11) is 0. The van der Waals surface area contributed by atoms with Crippen LogP contribution in [0.4, 0.5) is 13.2 Å². The van der Waals surface area contributed by atoms with Crippen molar-refractivity contribution in [2.45, 2.75) is 20.1 Å². The van der Waals surface area contributed by atoms with Crippen LogP contribution in [0.5, 0.6) is 10.8 Å². The van der Waals surface area contributed by atoms with E-state index in [-0.39, 0.29) is 30.2 Å². The maximum absolute atomic E-state index is 14.6. The van der Waals surface area contributed by atoms with E-state index in [1.165, 1.54) is 18.2 Å². The van der Waals surface area contributed by atoms with Crippen LogP contribution in [0.3, 0.4) is 0 Å². The molecule has 0 spiro atoms. The number of ether oxygens (including phenoxy) is 1. The van der Waals surface area contributed by atoms with E-state index < -0.39 is 23.1 Å². The maximum atomic E-state index is 14.6. The summed E-state index contributed by atoms with van der Waals surface area (Å²) in [4.78, 5) is 16.7. The van der Waals surface area contributed by atoms with Crippen molar-refractivity contribution in [2.24, 2.45) is 0 Å². The highest BCUT2D eigenvalue weighted by molar-refractivity contribution is 7.13. The van der Waals surface area contributed by atoms with Gasteiger partial charge in [-0.3, -0.25) is 4.57 Å². The normalized spacial score (nSPS) is 11.1. The fraction of sp³-hybridized carbons (Fsp3) is 0.150. The summed E-state index contributed by atoms with van der Waals surface area (Å²) >= 11 is 1.09. The third-order valence-corrected chi connectivity index (χ3v) is 5.44. The molecule has 0 amide bonds. The number of thiazole rings is 1. The quantitative estimate of drug-likeness (QED) is 0.488. The maximum Gasteiger partial charge on any atom is 0.350 e. The van der Waals surface area contributed by atoms with E-state index in [1.54, 1.807) is 6.92 Å². The van der Waals surface area contributed by atoms with Gasteiger partial charge in [0.15, 0.2) is 11.6 Å². The van der Waals surface area contributed by atoms with Crippen molar-refractivity contribution in [2.75, 3.05) is 0 Å². The van der Waals surface area contributed by atoms with Crippen LogP contribution in [0.15, 0.2) is 47.5 Å². The molecule has 0 saturated heterocycles. The first-order valence-corrected chi connectivity index (χ1v) is 9.81. The average molecular weight is 448 g/mol. The van der Waals surface area contributed by atoms with Gasteiger partial charge in [0.05, 0.1) is 24.5 Å². The molecule has 0 atom stereocenters. The van der Waals surface area contributed by atoms with E-state index in [0.29, 0.717) is 15.8 Å². The van der Waals surface area contributed by atoms with E-state index in [4.69, 9.17) is 9.84 Å². The van der Waals surface area contributed by atoms with Crippen LogP contribution in [-0.2, 0) is 13.2 Å². The molecule has 160 valence electrons. The molecule has 0 fully saturated rings. The lowest BCUT2D eigenvalue weighted by molar-refractivity contribution is 0.281. The number of nitrogens with zero attached hydrogens (tertiary/aromatic N) is 4. The van der Waals surface area contributed by atoms with Crippen LogP contribution in [0, 0.1) is 24.4 Å². The standard InChI is InChI=1S/C20H15F3N4O3S/c1-11-19(31-18(9-28)25-11)30-17-6-5-12(7-16(17)23)27-20(29)26(10-24-27)8-13-14(21)3-2-4-15(13)22/h2-7,10,28H,8-9H2,1H3. The molecule has 0 saturated carbocycles. The van der Waals surface area contributed by atoms with Gasteiger partial charge in [0.25, 0.3) is 0 Å². The number of hydrogen-bond acceptors (Lipinski definition) is 6. The van der Waals surface area contributed by atoms with Gasteiger partial charge in [0.2, 0.25) is 5.06 Å². The zero-order chi connectivity index (χ0) is 22.1. The Kier molecular flexibility index (Phi) is 5.61. The van der Waals surface area contributed by atoms with Crippen LogP contribution >= 0.6 is 11.3 Å². The Balaban J connectivity index is 1.60. The highest BCUT2D eigenvalue weighted by Gasteiger charge is 2.16. The summed E-state index contributed by atoms with van der Waals surface area (Å²) in [6, 6.07) is 7.22. The molecule has 31 heavy (non-hydrogen) atoms. The van der Waals surface area contributed by atoms with Gasteiger partial charge in [-0.15, -0.1) is 0 Å². The van der Waals surface area contributed by atoms with Gasteiger partial charge in [0.1, 0.15) is 23.0 Å². The summed E-state index contributed by atoms with van der Waals surface area (Å²) in [5.41, 5.74) is -0.351. The summed E-state index contributed by atoms with van der Waals surface area (Å²) in [5, 5.41) is 13.8. The Hall–Kier alpha value is -3.44. The lowest BCUT2D eigenvalue weighted by atomic mass is 10.2. The van der Waals surface area contributed by atoms with E-state index in [9.17, 15) is 18.0 Å². The molecular formula is C20H15F3N4O3S. The van der Waals surface area contributed by atoms with Gasteiger partial charge in [-0.1, -0.05) is 17.4 Å². The number of aliphatic hydroxyl groups is 1. The number of aromatic nitrogens is 4. The zero-order valence-corrected chi connectivity index (χ0v) is 16.9. The monoisotopic (exact) mass is 448 g/mol. The number of rotatable bonds is 6. The minimum absolute atomic E-state index is 0.0964. The molecule has 0 radical (unpaired) electrons. The molecule has 7 nitrogen and oxygen atoms in total. The predicted molar refractivity (Wildman–Crippen MR) is 106 cm³/mol. The lowest BCUT2D eigenvalue weighted by Crippen LogP contribution is -2.24. The third kappa shape index (κ3) is 4.09. The smallest absolute Gasteiger partial charge is 0.350 e. The SMILES string of the molecule is Cc1nc(CO)sc1Oc1ccc(-n2ncn(Cc3c(F)cccc3F)c2=O)cc1F. The largest absolute Gasteiger partial charge is 0.442 e. The van der Waals surface area contributed by atoms with Gasteiger partial charge in [-0.25, -0.2) is 22.9 Å². The van der Waals surface area contributed by atoms with Crippen LogP contribution < -0.4 is 10.4 Å². The fourth-order valence-corrected chi connectivity index (χ4v) is 3.66. The number of aliphatic hydroxyl groups excluding tert-OH is 1. The second-order valence-corrected chi connectivity index (χ2v) is 7.55. The summed E-state index contributed by atoms with van der Waals surface area (Å²) < 4.78 is 49.8. The van der Waals surface area contributed by atoms with Crippen molar-refractivity contribution in [3.63, 3.8) is 0 Å². The first kappa shape index (κ1) is 20.8. The molecule has 0 aliphatic heterocycles. The van der Waals surface area contributed by atoms with E-state index >= 15 is 0 Å². The zero-order valence-electron chi connectivity index (χ0n) is 16.1. The summed E-state index contributed by atoms with van der Waals surface area (Å²) in [6.45, 7) is 1.05. The average Bonchev–Trinajstić information content (AvgIpc) is 3.28. The van der Waals surface area contributed by atoms with Crippen LogP contribution in [0.1, 0.15) is 16.3 Å². The molecule has 2 heterocycles. The molecule has 11 heteroatoms. The van der Waals surface area contributed by atoms with Crippen molar-refractivity contribution >= 4 is 11.3 Å². The van der Waals surface area contributed by atoms with Crippen molar-refractivity contribution in [3.05, 3.63) is 86.9 Å². The Morgan fingerprint density at radius 2 is 1.87 bits per heavy atom. The third-order valence-electron chi connectivity index (χ3n) is 4.42. The molecule has 0 unspecified atom stereocenters. The first-order chi connectivity index (χ1) is 14.9. The Bertz CT molecular complexity index is 1300. The second-order valence-electron chi connectivity index (χ2n) is 6.51. The molecule has 2 aromatic heterocycles. The number of aryl methyl sites for hydroxylation is 1. The predicted octanol–water partition coefficient (Wildman–Crippen LogP) is 3.55. The van der Waals surface area contributed by atoms with E-state index in [1.807, 2.05) is 0 Å². The van der Waals surface area contributed by atoms with Crippen LogP contribution in [-0.4, -0.2) is 24.4 Å². The summed E-state index contributed by atoms with van der Waals surface area (Å²) in [6.07, 6.45) is 1.12. The molecule has 4 aromatic rings. The van der Waals surface area contributed by atoms with E-state index in [0.717, 1.165) is 45.1 Å². The Morgan fingerprint density at radius 3 is 2.52 bits per heavy atom. The minimum atomic E-state index is -0.782. The Morgan fingerprint density at radius 1 is 1.13 bits per heavy atom. The molecule has 0 aliphatic rings. The van der Waals surface area contributed by atoms with E-state index in [2.05, 4.69) is 10.1 Å². The molecule has 0 aliphatic carbocycles. The number of halogens is 3. The molecular weight excluding hydrogens is 433 g/mol. The first-order valence-electron chi connectivity index (χ1n) is 8.99. The molecule has 0 bridgehead atoms. The topological polar surface area (TPSA) is 82.2 Å². The van der Waals surface area contributed by atoms with Crippen molar-refractivity contribution in [3.8, 4) is 16.5 Å². The van der Waals surface area contributed by atoms with Gasteiger partial charge in [-0.2, -0.15) is 9.78 Å². The fourth-order valence-electron chi connectivity index (χ4n) is 2.88. The van der Waals surface area contributed by atoms with Gasteiger partial charge in [0, 0.05) is 11.6 Å². The van der Waals surface area contributed by atoms with Crippen LogP contribution in [0.2, 0.25) is 0 Å². The summed E-state index contributed by atoms with van der Waals surface area (Å²) in [5.74, 6) is -2.41. The lowest BCUT2D eigenvalue weighted by Gasteiger charge is -2.07. The Labute approximate surface area is 177 Å². The van der Waals surface area contributed by atoms with Crippen molar-refractivity contribution in [1.29, 1.82) is 0 Å². The van der Waals surface area contributed by atoms with Gasteiger partial charge in [-0.05, 0) is 31.2 Å². The second kappa shape index (κ2) is 8.36. The van der Waals surface area contributed by atoms with Crippen molar-refractivity contribution < 1.29 is 23.0 Å². The molecule has 4 rings (SSSR count). The van der Waals surface area contributed by atoms with Crippen molar-refractivity contribution in [1.82, 2.24) is 19.3 Å².